The Morgan fingerprint density at radius 1 is 1.23 bits per heavy atom. The van der Waals surface area contributed by atoms with Crippen LogP contribution in [0.4, 0.5) is 0 Å². The van der Waals surface area contributed by atoms with E-state index in [1.54, 1.807) is 17.9 Å². The van der Waals surface area contributed by atoms with Crippen molar-refractivity contribution in [2.24, 2.45) is 5.92 Å². The van der Waals surface area contributed by atoms with Crippen molar-refractivity contribution in [2.75, 3.05) is 19.7 Å². The summed E-state index contributed by atoms with van der Waals surface area (Å²) >= 11 is 3.41. The molecule has 0 bridgehead atoms. The summed E-state index contributed by atoms with van der Waals surface area (Å²) in [7, 11) is 0. The minimum Gasteiger partial charge on any atom is -0.466 e. The molecule has 0 saturated heterocycles. The van der Waals surface area contributed by atoms with E-state index in [4.69, 9.17) is 4.74 Å². The molecule has 0 spiro atoms. The molecule has 122 valence electrons. The number of esters is 1. The molecule has 1 rings (SSSR count). The summed E-state index contributed by atoms with van der Waals surface area (Å²) in [5.74, 6) is 0.173. The molecular weight excluding hydrogens is 346 g/mol. The summed E-state index contributed by atoms with van der Waals surface area (Å²) in [6.07, 6.45) is 1.13. The third-order valence-electron chi connectivity index (χ3n) is 3.26. The minimum atomic E-state index is -0.267. The first kappa shape index (κ1) is 18.7. The van der Waals surface area contributed by atoms with Crippen molar-refractivity contribution in [3.63, 3.8) is 0 Å². The smallest absolute Gasteiger partial charge is 0.307 e. The zero-order chi connectivity index (χ0) is 16.5. The van der Waals surface area contributed by atoms with E-state index in [1.165, 1.54) is 0 Å². The molecule has 4 nitrogen and oxygen atoms in total. The molecule has 1 aromatic rings. The standard InChI is InChI=1S/C17H24BrNO3/c1-4-22-16(20)10-12-19(11-9-13(2)3)17(21)14-7-5-6-8-15(14)18/h5-8,13H,4,9-12H2,1-3H3. The maximum absolute atomic E-state index is 12.7. The Hall–Kier alpha value is -1.36. The summed E-state index contributed by atoms with van der Waals surface area (Å²) in [5.41, 5.74) is 0.620. The maximum Gasteiger partial charge on any atom is 0.307 e. The van der Waals surface area contributed by atoms with Gasteiger partial charge in [-0.1, -0.05) is 26.0 Å². The van der Waals surface area contributed by atoms with Crippen LogP contribution in [0.2, 0.25) is 0 Å². The third kappa shape index (κ3) is 6.18. The van der Waals surface area contributed by atoms with Crippen molar-refractivity contribution >= 4 is 27.8 Å². The first-order valence-corrected chi connectivity index (χ1v) is 8.44. The maximum atomic E-state index is 12.7. The fourth-order valence-corrected chi connectivity index (χ4v) is 2.45. The van der Waals surface area contributed by atoms with Gasteiger partial charge in [-0.15, -0.1) is 0 Å². The Morgan fingerprint density at radius 3 is 2.50 bits per heavy atom. The Kier molecular flexibility index (Phi) is 8.17. The predicted molar refractivity (Wildman–Crippen MR) is 90.8 cm³/mol. The van der Waals surface area contributed by atoms with Gasteiger partial charge in [0.25, 0.3) is 5.91 Å². The number of hydrogen-bond donors (Lipinski definition) is 0. The van der Waals surface area contributed by atoms with Crippen LogP contribution >= 0.6 is 15.9 Å². The molecule has 0 radical (unpaired) electrons. The Balaban J connectivity index is 2.78. The predicted octanol–water partition coefficient (Wildman–Crippen LogP) is 3.89. The van der Waals surface area contributed by atoms with E-state index in [2.05, 4.69) is 29.8 Å². The van der Waals surface area contributed by atoms with Crippen LogP contribution in [-0.2, 0) is 9.53 Å². The van der Waals surface area contributed by atoms with E-state index in [1.807, 2.05) is 18.2 Å². The number of carbonyl (C=O) groups is 2. The average molecular weight is 370 g/mol. The first-order valence-electron chi connectivity index (χ1n) is 7.65. The average Bonchev–Trinajstić information content (AvgIpc) is 2.47. The number of benzene rings is 1. The molecule has 1 amide bonds. The minimum absolute atomic E-state index is 0.0579. The second kappa shape index (κ2) is 9.62. The van der Waals surface area contributed by atoms with Crippen LogP contribution in [0.15, 0.2) is 28.7 Å². The largest absolute Gasteiger partial charge is 0.466 e. The summed E-state index contributed by atoms with van der Waals surface area (Å²) in [5, 5.41) is 0. The van der Waals surface area contributed by atoms with Gasteiger partial charge in [0, 0.05) is 17.6 Å². The lowest BCUT2D eigenvalue weighted by Gasteiger charge is -2.24. The number of halogens is 1. The zero-order valence-electron chi connectivity index (χ0n) is 13.5. The van der Waals surface area contributed by atoms with Crippen LogP contribution in [0.1, 0.15) is 44.0 Å². The van der Waals surface area contributed by atoms with Gasteiger partial charge in [0.1, 0.15) is 0 Å². The van der Waals surface area contributed by atoms with Gasteiger partial charge in [0.2, 0.25) is 0 Å². The highest BCUT2D eigenvalue weighted by molar-refractivity contribution is 9.10. The van der Waals surface area contributed by atoms with Crippen molar-refractivity contribution < 1.29 is 14.3 Å². The molecule has 0 unspecified atom stereocenters. The lowest BCUT2D eigenvalue weighted by Crippen LogP contribution is -2.35. The van der Waals surface area contributed by atoms with Crippen LogP contribution in [0.3, 0.4) is 0 Å². The highest BCUT2D eigenvalue weighted by Gasteiger charge is 2.19. The summed E-state index contributed by atoms with van der Waals surface area (Å²) in [6, 6.07) is 7.35. The van der Waals surface area contributed by atoms with Crippen LogP contribution in [0, 0.1) is 5.92 Å². The van der Waals surface area contributed by atoms with Crippen molar-refractivity contribution in [3.05, 3.63) is 34.3 Å². The van der Waals surface area contributed by atoms with Crippen molar-refractivity contribution in [2.45, 2.75) is 33.6 Å². The van der Waals surface area contributed by atoms with Gasteiger partial charge in [-0.3, -0.25) is 9.59 Å². The SMILES string of the molecule is CCOC(=O)CCN(CCC(C)C)C(=O)c1ccccc1Br. The number of ether oxygens (including phenoxy) is 1. The molecule has 0 aliphatic carbocycles. The van der Waals surface area contributed by atoms with Crippen LogP contribution in [0.25, 0.3) is 0 Å². The molecule has 0 fully saturated rings. The summed E-state index contributed by atoms with van der Waals surface area (Å²) in [4.78, 5) is 26.0. The number of nitrogens with zero attached hydrogens (tertiary/aromatic N) is 1. The van der Waals surface area contributed by atoms with Crippen LogP contribution in [0.5, 0.6) is 0 Å². The van der Waals surface area contributed by atoms with Gasteiger partial charge in [0.05, 0.1) is 18.6 Å². The number of rotatable bonds is 8. The monoisotopic (exact) mass is 369 g/mol. The summed E-state index contributed by atoms with van der Waals surface area (Å²) in [6.45, 7) is 7.39. The molecule has 22 heavy (non-hydrogen) atoms. The highest BCUT2D eigenvalue weighted by atomic mass is 79.9. The van der Waals surface area contributed by atoms with E-state index >= 15 is 0 Å². The topological polar surface area (TPSA) is 46.6 Å². The molecule has 0 aliphatic rings. The van der Waals surface area contributed by atoms with Gasteiger partial charge in [-0.05, 0) is 47.3 Å². The molecule has 0 atom stereocenters. The fraction of sp³-hybridized carbons (Fsp3) is 0.529. The molecule has 5 heteroatoms. The zero-order valence-corrected chi connectivity index (χ0v) is 15.1. The van der Waals surface area contributed by atoms with Crippen molar-refractivity contribution in [1.29, 1.82) is 0 Å². The molecule has 0 N–H and O–H groups in total. The van der Waals surface area contributed by atoms with Crippen molar-refractivity contribution in [1.82, 2.24) is 4.90 Å². The molecule has 0 saturated carbocycles. The molecule has 0 heterocycles. The second-order valence-electron chi connectivity index (χ2n) is 5.51. The number of carbonyl (C=O) groups excluding carboxylic acids is 2. The number of hydrogen-bond acceptors (Lipinski definition) is 3. The van der Waals surface area contributed by atoms with E-state index in [0.717, 1.165) is 10.9 Å². The van der Waals surface area contributed by atoms with Crippen molar-refractivity contribution in [3.8, 4) is 0 Å². The Bertz CT molecular complexity index is 502. The Labute approximate surface area is 141 Å². The highest BCUT2D eigenvalue weighted by Crippen LogP contribution is 2.18. The molecule has 0 aliphatic heterocycles. The van der Waals surface area contributed by atoms with E-state index < -0.39 is 0 Å². The normalized spacial score (nSPS) is 10.6. The van der Waals surface area contributed by atoms with E-state index in [0.29, 0.717) is 31.2 Å². The van der Waals surface area contributed by atoms with Crippen LogP contribution < -0.4 is 0 Å². The molecule has 1 aromatic carbocycles. The summed E-state index contributed by atoms with van der Waals surface area (Å²) < 4.78 is 5.71. The lowest BCUT2D eigenvalue weighted by atomic mass is 10.1. The van der Waals surface area contributed by atoms with Crippen LogP contribution in [-0.4, -0.2) is 36.5 Å². The quantitative estimate of drug-likeness (QED) is 0.653. The second-order valence-corrected chi connectivity index (χ2v) is 6.36. The van der Waals surface area contributed by atoms with Gasteiger partial charge < -0.3 is 9.64 Å². The van der Waals surface area contributed by atoms with Gasteiger partial charge >= 0.3 is 5.97 Å². The van der Waals surface area contributed by atoms with Gasteiger partial charge in [-0.2, -0.15) is 0 Å². The first-order chi connectivity index (χ1) is 10.5. The Morgan fingerprint density at radius 2 is 1.91 bits per heavy atom. The van der Waals surface area contributed by atoms with Gasteiger partial charge in [-0.25, -0.2) is 0 Å². The van der Waals surface area contributed by atoms with E-state index in [9.17, 15) is 9.59 Å². The fourth-order valence-electron chi connectivity index (χ4n) is 1.99. The van der Waals surface area contributed by atoms with Gasteiger partial charge in [0.15, 0.2) is 0 Å². The number of amides is 1. The third-order valence-corrected chi connectivity index (χ3v) is 3.95. The molecular formula is C17H24BrNO3. The lowest BCUT2D eigenvalue weighted by molar-refractivity contribution is -0.143. The molecule has 0 aromatic heterocycles. The van der Waals surface area contributed by atoms with E-state index in [-0.39, 0.29) is 18.3 Å².